The van der Waals surface area contributed by atoms with Gasteiger partial charge in [-0.15, -0.1) is 11.3 Å². The lowest BCUT2D eigenvalue weighted by molar-refractivity contribution is 0.315. The van der Waals surface area contributed by atoms with E-state index in [1.165, 1.54) is 34.7 Å². The first-order valence-electron chi connectivity index (χ1n) is 7.60. The highest BCUT2D eigenvalue weighted by molar-refractivity contribution is 7.09. The molecule has 0 bridgehead atoms. The number of aryl methyl sites for hydroxylation is 1. The summed E-state index contributed by atoms with van der Waals surface area (Å²) in [6.45, 7) is 4.93. The maximum absolute atomic E-state index is 4.72. The van der Waals surface area contributed by atoms with E-state index >= 15 is 0 Å². The lowest BCUT2D eigenvalue weighted by Gasteiger charge is -2.15. The zero-order valence-electron chi connectivity index (χ0n) is 12.8. The van der Waals surface area contributed by atoms with Crippen molar-refractivity contribution in [2.75, 3.05) is 7.05 Å². The molecule has 0 atom stereocenters. The monoisotopic (exact) mass is 301 g/mol. The molecule has 1 heterocycles. The Balaban J connectivity index is 1.49. The number of hydrogen-bond acceptors (Lipinski definition) is 4. The summed E-state index contributed by atoms with van der Waals surface area (Å²) < 4.78 is 0. The Labute approximate surface area is 131 Å². The normalized spacial score (nSPS) is 14.8. The average molecular weight is 301 g/mol. The Morgan fingerprint density at radius 1 is 1.24 bits per heavy atom. The molecule has 1 saturated carbocycles. The molecule has 0 spiro atoms. The van der Waals surface area contributed by atoms with E-state index in [0.29, 0.717) is 0 Å². The van der Waals surface area contributed by atoms with Gasteiger partial charge in [0.2, 0.25) is 0 Å². The molecule has 4 heteroatoms. The number of benzene rings is 1. The average Bonchev–Trinajstić information content (AvgIpc) is 3.19. The van der Waals surface area contributed by atoms with E-state index in [2.05, 4.69) is 53.8 Å². The van der Waals surface area contributed by atoms with Crippen LogP contribution in [-0.4, -0.2) is 23.0 Å². The van der Waals surface area contributed by atoms with Crippen LogP contribution in [0.15, 0.2) is 29.6 Å². The second-order valence-corrected chi connectivity index (χ2v) is 6.99. The Morgan fingerprint density at radius 3 is 2.71 bits per heavy atom. The van der Waals surface area contributed by atoms with Gasteiger partial charge in [-0.3, -0.25) is 4.90 Å². The number of aromatic nitrogens is 1. The second kappa shape index (κ2) is 6.69. The molecule has 1 N–H and O–H groups in total. The standard InChI is InChI=1S/C17H23N3S/c1-13-3-5-14(6-4-13)10-20(2)11-16-12-21-17(19-16)9-18-15-7-8-15/h3-6,12,15,18H,7-11H2,1-2H3. The van der Waals surface area contributed by atoms with Crippen molar-refractivity contribution in [2.45, 2.75) is 45.4 Å². The van der Waals surface area contributed by atoms with Gasteiger partial charge >= 0.3 is 0 Å². The van der Waals surface area contributed by atoms with Crippen molar-refractivity contribution < 1.29 is 0 Å². The molecule has 3 nitrogen and oxygen atoms in total. The van der Waals surface area contributed by atoms with Crippen LogP contribution < -0.4 is 5.32 Å². The molecule has 0 unspecified atom stereocenters. The number of hydrogen-bond donors (Lipinski definition) is 1. The molecule has 0 radical (unpaired) electrons. The molecule has 112 valence electrons. The predicted octanol–water partition coefficient (Wildman–Crippen LogP) is 3.34. The molecular formula is C17H23N3S. The molecule has 0 aliphatic heterocycles. The van der Waals surface area contributed by atoms with Crippen LogP contribution >= 0.6 is 11.3 Å². The highest BCUT2D eigenvalue weighted by Crippen LogP contribution is 2.20. The first-order valence-corrected chi connectivity index (χ1v) is 8.48. The van der Waals surface area contributed by atoms with Gasteiger partial charge < -0.3 is 5.32 Å². The zero-order valence-corrected chi connectivity index (χ0v) is 13.6. The van der Waals surface area contributed by atoms with E-state index in [-0.39, 0.29) is 0 Å². The van der Waals surface area contributed by atoms with Gasteiger partial charge in [0.1, 0.15) is 5.01 Å². The summed E-state index contributed by atoms with van der Waals surface area (Å²) in [5.74, 6) is 0. The Hall–Kier alpha value is -1.23. The third-order valence-corrected chi connectivity index (χ3v) is 4.62. The van der Waals surface area contributed by atoms with E-state index in [9.17, 15) is 0 Å². The summed E-state index contributed by atoms with van der Waals surface area (Å²) in [7, 11) is 2.15. The summed E-state index contributed by atoms with van der Waals surface area (Å²) >= 11 is 1.77. The van der Waals surface area contributed by atoms with Gasteiger partial charge in [-0.1, -0.05) is 29.8 Å². The lowest BCUT2D eigenvalue weighted by atomic mass is 10.1. The lowest BCUT2D eigenvalue weighted by Crippen LogP contribution is -2.18. The summed E-state index contributed by atoms with van der Waals surface area (Å²) in [6.07, 6.45) is 2.66. The predicted molar refractivity (Wildman–Crippen MR) is 88.3 cm³/mol. The van der Waals surface area contributed by atoms with Crippen molar-refractivity contribution in [2.24, 2.45) is 0 Å². The number of rotatable bonds is 7. The maximum atomic E-state index is 4.72. The Bertz CT molecular complexity index is 572. The van der Waals surface area contributed by atoms with E-state index in [1.54, 1.807) is 11.3 Å². The van der Waals surface area contributed by atoms with Crippen molar-refractivity contribution in [3.8, 4) is 0 Å². The van der Waals surface area contributed by atoms with Crippen molar-refractivity contribution >= 4 is 11.3 Å². The smallest absolute Gasteiger partial charge is 0.107 e. The fourth-order valence-corrected chi connectivity index (χ4v) is 3.10. The second-order valence-electron chi connectivity index (χ2n) is 6.05. The maximum Gasteiger partial charge on any atom is 0.107 e. The fourth-order valence-electron chi connectivity index (χ4n) is 2.36. The van der Waals surface area contributed by atoms with Gasteiger partial charge in [0.05, 0.1) is 5.69 Å². The Morgan fingerprint density at radius 2 is 2.00 bits per heavy atom. The van der Waals surface area contributed by atoms with E-state index in [4.69, 9.17) is 4.98 Å². The summed E-state index contributed by atoms with van der Waals surface area (Å²) in [5.41, 5.74) is 3.85. The highest BCUT2D eigenvalue weighted by Gasteiger charge is 2.20. The van der Waals surface area contributed by atoms with Gasteiger partial charge in [-0.2, -0.15) is 0 Å². The van der Waals surface area contributed by atoms with Crippen molar-refractivity contribution in [1.82, 2.24) is 15.2 Å². The van der Waals surface area contributed by atoms with E-state index in [1.807, 2.05) is 0 Å². The van der Waals surface area contributed by atoms with Crippen molar-refractivity contribution in [3.05, 3.63) is 51.5 Å². The molecule has 0 amide bonds. The van der Waals surface area contributed by atoms with Gasteiger partial charge in [0.15, 0.2) is 0 Å². The van der Waals surface area contributed by atoms with Crippen LogP contribution in [0.25, 0.3) is 0 Å². The molecule has 3 rings (SSSR count). The van der Waals surface area contributed by atoms with Crippen LogP contribution in [0.3, 0.4) is 0 Å². The first-order chi connectivity index (χ1) is 10.2. The number of thiazole rings is 1. The van der Waals surface area contributed by atoms with Gasteiger partial charge in [0.25, 0.3) is 0 Å². The molecular weight excluding hydrogens is 278 g/mol. The minimum Gasteiger partial charge on any atom is -0.308 e. The summed E-state index contributed by atoms with van der Waals surface area (Å²) in [4.78, 5) is 7.04. The zero-order chi connectivity index (χ0) is 14.7. The fraction of sp³-hybridized carbons (Fsp3) is 0.471. The van der Waals surface area contributed by atoms with Crippen LogP contribution in [0.2, 0.25) is 0 Å². The van der Waals surface area contributed by atoms with Crippen LogP contribution in [-0.2, 0) is 19.6 Å². The van der Waals surface area contributed by atoms with Gasteiger partial charge in [-0.05, 0) is 32.4 Å². The molecule has 2 aromatic rings. The van der Waals surface area contributed by atoms with Crippen LogP contribution in [0, 0.1) is 6.92 Å². The summed E-state index contributed by atoms with van der Waals surface area (Å²) in [6, 6.07) is 9.51. The van der Waals surface area contributed by atoms with Crippen molar-refractivity contribution in [3.63, 3.8) is 0 Å². The van der Waals surface area contributed by atoms with Gasteiger partial charge in [-0.25, -0.2) is 4.98 Å². The SMILES string of the molecule is Cc1ccc(CN(C)Cc2csc(CNC3CC3)n2)cc1. The van der Waals surface area contributed by atoms with E-state index in [0.717, 1.165) is 25.7 Å². The molecule has 1 aromatic carbocycles. The Kier molecular flexibility index (Phi) is 4.68. The minimum atomic E-state index is 0.751. The minimum absolute atomic E-state index is 0.751. The number of nitrogens with one attached hydrogen (secondary N) is 1. The molecule has 1 aliphatic rings. The van der Waals surface area contributed by atoms with Crippen LogP contribution in [0.5, 0.6) is 0 Å². The summed E-state index contributed by atoms with van der Waals surface area (Å²) in [5, 5.41) is 6.92. The molecule has 1 aromatic heterocycles. The first kappa shape index (κ1) is 14.7. The third kappa shape index (κ3) is 4.63. The van der Waals surface area contributed by atoms with Gasteiger partial charge in [0, 0.05) is 31.1 Å². The highest BCUT2D eigenvalue weighted by atomic mass is 32.1. The van der Waals surface area contributed by atoms with Crippen LogP contribution in [0.4, 0.5) is 0 Å². The number of nitrogens with zero attached hydrogens (tertiary/aromatic N) is 2. The quantitative estimate of drug-likeness (QED) is 0.850. The molecule has 1 fully saturated rings. The van der Waals surface area contributed by atoms with Crippen LogP contribution in [0.1, 0.15) is 34.7 Å². The largest absolute Gasteiger partial charge is 0.308 e. The third-order valence-electron chi connectivity index (χ3n) is 3.72. The molecule has 21 heavy (non-hydrogen) atoms. The molecule has 1 aliphatic carbocycles. The van der Waals surface area contributed by atoms with E-state index < -0.39 is 0 Å². The van der Waals surface area contributed by atoms with Crippen molar-refractivity contribution in [1.29, 1.82) is 0 Å². The topological polar surface area (TPSA) is 28.2 Å². The molecule has 0 saturated heterocycles.